The smallest absolute Gasteiger partial charge is 0.283 e. The Morgan fingerprint density at radius 3 is 2.67 bits per heavy atom. The van der Waals surface area contributed by atoms with Crippen LogP contribution in [0.15, 0.2) is 58.1 Å². The Kier molecular flexibility index (Phi) is 6.28. The molecule has 12 heteroatoms. The second-order valence-corrected chi connectivity index (χ2v) is 10.5. The van der Waals surface area contributed by atoms with Crippen molar-refractivity contribution in [2.45, 2.75) is 6.61 Å². The summed E-state index contributed by atoms with van der Waals surface area (Å²) < 4.78 is 34.6. The van der Waals surface area contributed by atoms with Gasteiger partial charge in [-0.3, -0.25) is 10.2 Å². The molecule has 0 atom stereocenters. The van der Waals surface area contributed by atoms with Crippen molar-refractivity contribution >= 4 is 60.6 Å². The van der Waals surface area contributed by atoms with E-state index >= 15 is 0 Å². The van der Waals surface area contributed by atoms with Crippen LogP contribution in [0.2, 0.25) is 5.02 Å². The van der Waals surface area contributed by atoms with Crippen molar-refractivity contribution in [1.82, 2.24) is 5.01 Å². The molecule has 0 aromatic heterocycles. The Morgan fingerprint density at radius 1 is 1.21 bits per heavy atom. The summed E-state index contributed by atoms with van der Waals surface area (Å²) in [5.41, 5.74) is 1.34. The topological polar surface area (TPSA) is 121 Å². The summed E-state index contributed by atoms with van der Waals surface area (Å²) in [6, 6.07) is 12.4. The van der Waals surface area contributed by atoms with Crippen LogP contribution in [0.25, 0.3) is 6.08 Å². The van der Waals surface area contributed by atoms with Crippen LogP contribution in [0.1, 0.15) is 11.1 Å². The summed E-state index contributed by atoms with van der Waals surface area (Å²) in [5, 5.41) is 13.9. The number of hydrogen-bond donors (Lipinski definition) is 1. The normalized spacial score (nSPS) is 17.1. The fraction of sp³-hybridized carbons (Fsp3) is 0.143. The van der Waals surface area contributed by atoms with Gasteiger partial charge in [-0.25, -0.2) is 8.42 Å². The number of nitrogens with zero attached hydrogens (tertiary/aromatic N) is 3. The van der Waals surface area contributed by atoms with E-state index in [9.17, 15) is 13.2 Å². The van der Waals surface area contributed by atoms with Crippen LogP contribution < -0.4 is 9.47 Å². The molecule has 9 nitrogen and oxygen atoms in total. The first kappa shape index (κ1) is 23.0. The van der Waals surface area contributed by atoms with Gasteiger partial charge in [0, 0.05) is 16.8 Å². The van der Waals surface area contributed by atoms with Crippen molar-refractivity contribution in [1.29, 1.82) is 5.41 Å². The van der Waals surface area contributed by atoms with Crippen molar-refractivity contribution in [3.05, 3.63) is 64.2 Å². The van der Waals surface area contributed by atoms with E-state index < -0.39 is 15.7 Å². The second-order valence-electron chi connectivity index (χ2n) is 6.95. The quantitative estimate of drug-likeness (QED) is 0.618. The van der Waals surface area contributed by atoms with Crippen LogP contribution in [0.3, 0.4) is 0 Å². The molecule has 2 aliphatic heterocycles. The lowest BCUT2D eigenvalue weighted by Crippen LogP contribution is -2.35. The number of carbonyl (C=O) groups is 1. The van der Waals surface area contributed by atoms with Gasteiger partial charge in [-0.1, -0.05) is 35.9 Å². The highest BCUT2D eigenvalue weighted by Gasteiger charge is 2.38. The van der Waals surface area contributed by atoms with Crippen LogP contribution in [-0.4, -0.2) is 48.1 Å². The van der Waals surface area contributed by atoms with Gasteiger partial charge in [0.25, 0.3) is 5.91 Å². The molecule has 1 amide bonds. The van der Waals surface area contributed by atoms with E-state index in [1.165, 1.54) is 13.2 Å². The molecule has 4 rings (SSSR count). The number of amidine groups is 2. The van der Waals surface area contributed by atoms with Gasteiger partial charge < -0.3 is 9.47 Å². The Hall–Kier alpha value is -3.15. The number of hydrogen-bond acceptors (Lipinski definition) is 8. The third-order valence-electron chi connectivity index (χ3n) is 4.59. The van der Waals surface area contributed by atoms with Crippen molar-refractivity contribution in [2.75, 3.05) is 13.4 Å². The SMILES string of the molecule is COc1cc(/C=C2\C(=N)N3N=C(S(C)(=O)=O)SC3=NC2=O)ccc1OCc1ccccc1Cl. The number of sulfone groups is 1. The number of nitrogens with one attached hydrogen (secondary N) is 1. The number of aliphatic imine (C=N–C) groups is 1. The maximum absolute atomic E-state index is 12.5. The Balaban J connectivity index is 1.59. The molecule has 0 radical (unpaired) electrons. The standard InChI is InChI=1S/C21H17ClN4O5S2/c1-30-17-10-12(7-8-16(17)31-11-13-5-3-4-6-15(13)22)9-14-18(23)26-20(24-19(14)27)32-21(25-26)33(2,28)29/h3-10,23H,11H2,1-2H3/b14-9+,23-18?. The largest absolute Gasteiger partial charge is 0.493 e. The van der Waals surface area contributed by atoms with Gasteiger partial charge in [-0.05, 0) is 41.6 Å². The van der Waals surface area contributed by atoms with Gasteiger partial charge in [-0.2, -0.15) is 10.0 Å². The number of halogens is 1. The minimum atomic E-state index is -3.60. The van der Waals surface area contributed by atoms with E-state index in [1.807, 2.05) is 18.2 Å². The Labute approximate surface area is 199 Å². The number of ether oxygens (including phenoxy) is 2. The highest BCUT2D eigenvalue weighted by Crippen LogP contribution is 2.33. The van der Waals surface area contributed by atoms with Crippen LogP contribution in [0.4, 0.5) is 0 Å². The fourth-order valence-corrected chi connectivity index (χ4v) is 4.83. The molecule has 0 spiro atoms. The third-order valence-corrected chi connectivity index (χ3v) is 7.54. The van der Waals surface area contributed by atoms with Crippen molar-refractivity contribution in [2.24, 2.45) is 10.1 Å². The maximum Gasteiger partial charge on any atom is 0.283 e. The maximum atomic E-state index is 12.5. The first-order valence-electron chi connectivity index (χ1n) is 9.42. The van der Waals surface area contributed by atoms with E-state index in [-0.39, 0.29) is 27.6 Å². The summed E-state index contributed by atoms with van der Waals surface area (Å²) in [6.45, 7) is 0.240. The van der Waals surface area contributed by atoms with Gasteiger partial charge in [0.15, 0.2) is 17.3 Å². The summed E-state index contributed by atoms with van der Waals surface area (Å²) in [5.74, 6) is -0.0383. The Bertz CT molecular complexity index is 1370. The zero-order valence-electron chi connectivity index (χ0n) is 17.4. The van der Waals surface area contributed by atoms with E-state index in [2.05, 4.69) is 10.1 Å². The van der Waals surface area contributed by atoms with E-state index in [1.54, 1.807) is 24.3 Å². The average Bonchev–Trinajstić information content (AvgIpc) is 3.21. The summed E-state index contributed by atoms with van der Waals surface area (Å²) in [7, 11) is -2.11. The molecule has 2 aromatic rings. The first-order chi connectivity index (χ1) is 15.7. The van der Waals surface area contributed by atoms with Gasteiger partial charge in [0.1, 0.15) is 6.61 Å². The van der Waals surface area contributed by atoms with Crippen molar-refractivity contribution < 1.29 is 22.7 Å². The highest BCUT2D eigenvalue weighted by molar-refractivity contribution is 8.42. The number of benzene rings is 2. The number of thioether (sulfide) groups is 1. The molecule has 0 fully saturated rings. The molecule has 1 N–H and O–H groups in total. The lowest BCUT2D eigenvalue weighted by molar-refractivity contribution is -0.114. The number of methoxy groups -OCH3 is 1. The molecule has 2 aliphatic rings. The minimum absolute atomic E-state index is 0.0310. The molecule has 33 heavy (non-hydrogen) atoms. The molecule has 170 valence electrons. The summed E-state index contributed by atoms with van der Waals surface area (Å²) >= 11 is 6.90. The van der Waals surface area contributed by atoms with Gasteiger partial charge >= 0.3 is 0 Å². The molecule has 2 heterocycles. The van der Waals surface area contributed by atoms with Crippen LogP contribution in [-0.2, 0) is 21.2 Å². The number of amides is 1. The number of hydrazone groups is 1. The average molecular weight is 505 g/mol. The molecule has 2 aromatic carbocycles. The van der Waals surface area contributed by atoms with Gasteiger partial charge in [0.05, 0.1) is 12.7 Å². The number of rotatable bonds is 5. The highest BCUT2D eigenvalue weighted by atomic mass is 35.5. The summed E-state index contributed by atoms with van der Waals surface area (Å²) in [4.78, 5) is 16.4. The first-order valence-corrected chi connectivity index (χ1v) is 12.5. The number of fused-ring (bicyclic) bond motifs is 1. The van der Waals surface area contributed by atoms with Gasteiger partial charge in [-0.15, -0.1) is 5.10 Å². The van der Waals surface area contributed by atoms with Crippen LogP contribution >= 0.6 is 23.4 Å². The van der Waals surface area contributed by atoms with E-state index in [0.717, 1.165) is 28.6 Å². The van der Waals surface area contributed by atoms with Crippen molar-refractivity contribution in [3.8, 4) is 11.5 Å². The lowest BCUT2D eigenvalue weighted by atomic mass is 10.1. The molecule has 0 saturated heterocycles. The molecule has 0 saturated carbocycles. The zero-order valence-corrected chi connectivity index (χ0v) is 19.8. The van der Waals surface area contributed by atoms with E-state index in [0.29, 0.717) is 22.1 Å². The molecule has 0 bridgehead atoms. The Morgan fingerprint density at radius 2 is 1.97 bits per heavy atom. The zero-order chi connectivity index (χ0) is 23.8. The van der Waals surface area contributed by atoms with Crippen LogP contribution in [0, 0.1) is 5.41 Å². The van der Waals surface area contributed by atoms with E-state index in [4.69, 9.17) is 26.5 Å². The second kappa shape index (κ2) is 9.00. The molecular formula is C21H17ClN4O5S2. The molecule has 0 unspecified atom stereocenters. The van der Waals surface area contributed by atoms with Crippen molar-refractivity contribution in [3.63, 3.8) is 0 Å². The van der Waals surface area contributed by atoms with Gasteiger partial charge in [0.2, 0.25) is 19.4 Å². The summed E-state index contributed by atoms with van der Waals surface area (Å²) in [6.07, 6.45) is 2.46. The molecule has 0 aliphatic carbocycles. The predicted octanol–water partition coefficient (Wildman–Crippen LogP) is 3.55. The number of carbonyl (C=O) groups excluding carboxylic acids is 1. The lowest BCUT2D eigenvalue weighted by Gasteiger charge is -2.20. The third kappa shape index (κ3) is 4.80. The monoisotopic (exact) mass is 504 g/mol. The molecular weight excluding hydrogens is 488 g/mol. The predicted molar refractivity (Wildman–Crippen MR) is 129 cm³/mol. The fourth-order valence-electron chi connectivity index (χ4n) is 2.96. The van der Waals surface area contributed by atoms with Crippen LogP contribution in [0.5, 0.6) is 11.5 Å². The minimum Gasteiger partial charge on any atom is -0.493 e.